The summed E-state index contributed by atoms with van der Waals surface area (Å²) in [6.45, 7) is 14.9. The minimum absolute atomic E-state index is 0. The van der Waals surface area contributed by atoms with E-state index in [0.717, 1.165) is 0 Å². The Kier molecular flexibility index (Phi) is 11.6. The van der Waals surface area contributed by atoms with Gasteiger partial charge in [-0.25, -0.2) is 0 Å². The maximum Gasteiger partial charge on any atom is 2.00 e. The molecule has 1 atom stereocenters. The van der Waals surface area contributed by atoms with Crippen molar-refractivity contribution in [1.29, 1.82) is 0 Å². The van der Waals surface area contributed by atoms with E-state index >= 15 is 0 Å². The number of nitrogens with one attached hydrogen (secondary N) is 1. The molecule has 0 aromatic rings. The van der Waals surface area contributed by atoms with Gasteiger partial charge in [0, 0.05) is 0 Å². The Morgan fingerprint density at radius 3 is 1.56 bits per heavy atom. The van der Waals surface area contributed by atoms with Crippen molar-refractivity contribution in [1.82, 2.24) is 5.32 Å². The molecular formula is C21H31FeNO2+2. The summed E-state index contributed by atoms with van der Waals surface area (Å²) < 4.78 is 0. The zero-order chi connectivity index (χ0) is 18.4. The quantitative estimate of drug-likeness (QED) is 0.728. The molecule has 25 heavy (non-hydrogen) atoms. The molecule has 3 nitrogen and oxygen atoms in total. The third-order valence-corrected chi connectivity index (χ3v) is 5.06. The van der Waals surface area contributed by atoms with E-state index in [1.54, 1.807) is 12.8 Å². The average molecular weight is 385 g/mol. The number of carbonyl (C=O) groups excluding carboxylic acids is 1. The summed E-state index contributed by atoms with van der Waals surface area (Å²) in [5, 5.41) is 11.8. The molecule has 2 rings (SSSR count). The van der Waals surface area contributed by atoms with Gasteiger partial charge in [-0.1, -0.05) is 48.5 Å². The van der Waals surface area contributed by atoms with Crippen molar-refractivity contribution in [3.05, 3.63) is 61.2 Å². The number of amides is 1. The Hall–Kier alpha value is -0.0505. The van der Waals surface area contributed by atoms with E-state index in [1.165, 1.54) is 29.6 Å². The standard InChI is InChI=1S/C11H16NO2.C10H15.Fe/c1-8(2)10(7-13)12-11(14)9-5-3-4-6-9;1-6-7(2)9(4)10(5)8(6)3;/h3-6,8,10,13H,7H2,1-2H3,(H,12,14);1-5H3;/q;;+2/t10-;;/m1../s1. The monoisotopic (exact) mass is 385 g/mol. The van der Waals surface area contributed by atoms with Crippen molar-refractivity contribution < 1.29 is 27.0 Å². The number of hydrogen-bond donors (Lipinski definition) is 2. The molecule has 2 fully saturated rings. The minimum atomic E-state index is -0.169. The van der Waals surface area contributed by atoms with Crippen LogP contribution < -0.4 is 5.32 Å². The van der Waals surface area contributed by atoms with Crippen LogP contribution in [0.3, 0.4) is 0 Å². The van der Waals surface area contributed by atoms with E-state index < -0.39 is 0 Å². The summed E-state index contributed by atoms with van der Waals surface area (Å²) in [4.78, 5) is 11.6. The fraction of sp³-hybridized carbons (Fsp3) is 0.476. The molecule has 0 heterocycles. The molecule has 10 radical (unpaired) electrons. The van der Waals surface area contributed by atoms with Crippen LogP contribution in [0.5, 0.6) is 0 Å². The van der Waals surface area contributed by atoms with E-state index in [2.05, 4.69) is 39.9 Å². The molecule has 0 unspecified atom stereocenters. The third kappa shape index (κ3) is 6.88. The molecule has 4 heteroatoms. The van der Waals surface area contributed by atoms with Crippen molar-refractivity contribution in [3.8, 4) is 0 Å². The zero-order valence-electron chi connectivity index (χ0n) is 16.4. The predicted molar refractivity (Wildman–Crippen MR) is 98.9 cm³/mol. The fourth-order valence-corrected chi connectivity index (χ4v) is 2.61. The van der Waals surface area contributed by atoms with Crippen LogP contribution >= 0.6 is 0 Å². The van der Waals surface area contributed by atoms with Gasteiger partial charge in [0.15, 0.2) is 0 Å². The van der Waals surface area contributed by atoms with Gasteiger partial charge in [0.25, 0.3) is 0 Å². The molecule has 138 valence electrons. The summed E-state index contributed by atoms with van der Waals surface area (Å²) >= 11 is 0. The van der Waals surface area contributed by atoms with E-state index in [-0.39, 0.29) is 41.5 Å². The number of aliphatic hydroxyl groups excluding tert-OH is 1. The summed E-state index contributed by atoms with van der Waals surface area (Å²) in [6, 6.07) is -0.169. The first-order valence-corrected chi connectivity index (χ1v) is 8.53. The van der Waals surface area contributed by atoms with Gasteiger partial charge in [-0.3, -0.25) is 4.79 Å². The van der Waals surface area contributed by atoms with Gasteiger partial charge in [-0.05, 0) is 61.2 Å². The van der Waals surface area contributed by atoms with Crippen LogP contribution in [-0.2, 0) is 21.9 Å². The number of carbonyl (C=O) groups is 1. The third-order valence-electron chi connectivity index (χ3n) is 5.06. The molecule has 0 bridgehead atoms. The Morgan fingerprint density at radius 2 is 1.28 bits per heavy atom. The largest absolute Gasteiger partial charge is 2.00 e. The summed E-state index contributed by atoms with van der Waals surface area (Å²) in [5.41, 5.74) is 0. The van der Waals surface area contributed by atoms with Crippen molar-refractivity contribution >= 4 is 5.91 Å². The molecule has 2 N–H and O–H groups in total. The molecule has 0 saturated heterocycles. The first-order valence-electron chi connectivity index (χ1n) is 8.53. The molecule has 0 aromatic carbocycles. The van der Waals surface area contributed by atoms with Gasteiger partial charge in [-0.15, -0.1) is 0 Å². The van der Waals surface area contributed by atoms with Gasteiger partial charge in [-0.2, -0.15) is 0 Å². The molecular weight excluding hydrogens is 354 g/mol. The fourth-order valence-electron chi connectivity index (χ4n) is 2.61. The molecule has 0 aliphatic heterocycles. The van der Waals surface area contributed by atoms with Gasteiger partial charge >= 0.3 is 17.1 Å². The van der Waals surface area contributed by atoms with E-state index in [1.807, 2.05) is 26.7 Å². The SMILES string of the molecule is CC(C)[C@@H](CO)NC(=O)[C]1[CH][CH][CH][CH]1.C[C]1[C](C)[C](C)[C](C)[C]1C.[Fe+2]. The van der Waals surface area contributed by atoms with E-state index in [4.69, 9.17) is 5.11 Å². The predicted octanol–water partition coefficient (Wildman–Crippen LogP) is 3.49. The van der Waals surface area contributed by atoms with E-state index in [9.17, 15) is 4.79 Å². The average Bonchev–Trinajstić information content (AvgIpc) is 3.15. The minimum Gasteiger partial charge on any atom is -0.394 e. The Balaban J connectivity index is 0.000000465. The smallest absolute Gasteiger partial charge is 0.394 e. The van der Waals surface area contributed by atoms with Crippen LogP contribution in [0.25, 0.3) is 0 Å². The molecule has 2 aliphatic carbocycles. The number of rotatable bonds is 4. The van der Waals surface area contributed by atoms with Crippen LogP contribution in [0.2, 0.25) is 0 Å². The maximum atomic E-state index is 11.6. The second-order valence-electron chi connectivity index (χ2n) is 6.81. The molecule has 0 aromatic heterocycles. The van der Waals surface area contributed by atoms with Gasteiger partial charge in [0.05, 0.1) is 18.6 Å². The van der Waals surface area contributed by atoms with Crippen molar-refractivity contribution in [2.45, 2.75) is 54.5 Å². The molecule has 2 aliphatic rings. The molecule has 2 saturated carbocycles. The van der Waals surface area contributed by atoms with Gasteiger partial charge in [0.2, 0.25) is 5.91 Å². The van der Waals surface area contributed by atoms with E-state index in [0.29, 0.717) is 5.92 Å². The van der Waals surface area contributed by atoms with Gasteiger partial charge in [0.1, 0.15) is 0 Å². The first kappa shape index (κ1) is 24.9. The number of hydrogen-bond acceptors (Lipinski definition) is 2. The van der Waals surface area contributed by atoms with Crippen LogP contribution in [0.4, 0.5) is 0 Å². The number of aliphatic hydroxyl groups is 1. The Labute approximate surface area is 166 Å². The second kappa shape index (κ2) is 11.6. The van der Waals surface area contributed by atoms with Crippen LogP contribution in [0.1, 0.15) is 48.5 Å². The summed E-state index contributed by atoms with van der Waals surface area (Å²) in [6.07, 6.45) is 7.14. The Bertz CT molecular complexity index is 337. The maximum absolute atomic E-state index is 11.6. The topological polar surface area (TPSA) is 49.3 Å². The van der Waals surface area contributed by atoms with Crippen molar-refractivity contribution in [2.75, 3.05) is 6.61 Å². The van der Waals surface area contributed by atoms with Crippen LogP contribution in [-0.4, -0.2) is 23.7 Å². The van der Waals surface area contributed by atoms with Gasteiger partial charge < -0.3 is 10.4 Å². The van der Waals surface area contributed by atoms with Crippen LogP contribution in [0, 0.1) is 67.1 Å². The Morgan fingerprint density at radius 1 is 0.920 bits per heavy atom. The normalized spacial score (nSPS) is 22.6. The van der Waals surface area contributed by atoms with Crippen molar-refractivity contribution in [2.24, 2.45) is 5.92 Å². The second-order valence-corrected chi connectivity index (χ2v) is 6.81. The zero-order valence-corrected chi connectivity index (χ0v) is 17.5. The van der Waals surface area contributed by atoms with Crippen LogP contribution in [0.15, 0.2) is 0 Å². The molecule has 0 spiro atoms. The molecule has 1 amide bonds. The van der Waals surface area contributed by atoms with Crippen molar-refractivity contribution in [3.63, 3.8) is 0 Å². The first-order chi connectivity index (χ1) is 11.2. The summed E-state index contributed by atoms with van der Waals surface area (Å²) in [5.74, 6) is 8.09. The summed E-state index contributed by atoms with van der Waals surface area (Å²) in [7, 11) is 0.